The highest BCUT2D eigenvalue weighted by Gasteiger charge is 2.44. The zero-order chi connectivity index (χ0) is 31.3. The van der Waals surface area contributed by atoms with Crippen LogP contribution in [0, 0.1) is 12.7 Å². The van der Waals surface area contributed by atoms with Crippen molar-refractivity contribution in [3.63, 3.8) is 0 Å². The molecule has 0 aliphatic carbocycles. The second-order valence-electron chi connectivity index (χ2n) is 12.9. The Balaban J connectivity index is 1.87. The quantitative estimate of drug-likeness (QED) is 0.280. The maximum absolute atomic E-state index is 16.2. The standard InChI is InChI=1S/C31H45B2FN4O4/c1-21-10-7-13-25(23(21)17-37(20-40)26(14-9-15-39)28(41)35-6)36-16-22-11-8-12-24(27(22)34)31(32,33)38-18-29(2,3)42-30(4,5)19-38/h7-8,10-13,15,20,26,36H,9,14,16-19,32-33H2,1-6H3,(H,35,41). The van der Waals surface area contributed by atoms with Gasteiger partial charge in [-0.1, -0.05) is 30.3 Å². The summed E-state index contributed by atoms with van der Waals surface area (Å²) < 4.78 is 22.4. The summed E-state index contributed by atoms with van der Waals surface area (Å²) in [5.41, 5.74) is 2.90. The number of nitrogens with one attached hydrogen (secondary N) is 2. The number of anilines is 1. The third kappa shape index (κ3) is 7.81. The fourth-order valence-corrected chi connectivity index (χ4v) is 6.05. The van der Waals surface area contributed by atoms with Gasteiger partial charge < -0.3 is 30.0 Å². The van der Waals surface area contributed by atoms with Crippen molar-refractivity contribution < 1.29 is 23.5 Å². The van der Waals surface area contributed by atoms with Crippen LogP contribution in [0.25, 0.3) is 0 Å². The third-order valence-corrected chi connectivity index (χ3v) is 8.09. The van der Waals surface area contributed by atoms with Crippen molar-refractivity contribution in [1.82, 2.24) is 15.1 Å². The average Bonchev–Trinajstić information content (AvgIpc) is 2.91. The molecule has 0 bridgehead atoms. The van der Waals surface area contributed by atoms with Crippen molar-refractivity contribution in [2.45, 2.75) is 83.1 Å². The Kier molecular flexibility index (Phi) is 10.7. The van der Waals surface area contributed by atoms with E-state index in [-0.39, 0.29) is 48.9 Å². The van der Waals surface area contributed by atoms with E-state index < -0.39 is 11.4 Å². The Bertz CT molecular complexity index is 1270. The number of aryl methyl sites for hydroxylation is 1. The Morgan fingerprint density at radius 2 is 1.79 bits per heavy atom. The number of nitrogens with zero attached hydrogens (tertiary/aromatic N) is 2. The Morgan fingerprint density at radius 3 is 2.38 bits per heavy atom. The van der Waals surface area contributed by atoms with Crippen LogP contribution in [0.1, 0.15) is 62.8 Å². The zero-order valence-electron chi connectivity index (χ0n) is 26.3. The van der Waals surface area contributed by atoms with Crippen molar-refractivity contribution in [3.8, 4) is 0 Å². The lowest BCUT2D eigenvalue weighted by molar-refractivity contribution is -0.186. The van der Waals surface area contributed by atoms with Crippen LogP contribution in [0.15, 0.2) is 36.4 Å². The lowest BCUT2D eigenvalue weighted by Crippen LogP contribution is -2.63. The summed E-state index contributed by atoms with van der Waals surface area (Å²) in [7, 11) is 5.62. The van der Waals surface area contributed by atoms with Gasteiger partial charge in [-0.15, -0.1) is 0 Å². The minimum Gasteiger partial charge on any atom is -0.381 e. The van der Waals surface area contributed by atoms with Crippen LogP contribution in [-0.4, -0.2) is 81.5 Å². The molecule has 2 aromatic carbocycles. The third-order valence-electron chi connectivity index (χ3n) is 8.09. The summed E-state index contributed by atoms with van der Waals surface area (Å²) >= 11 is 0. The van der Waals surface area contributed by atoms with Crippen LogP contribution in [0.5, 0.6) is 0 Å². The minimum absolute atomic E-state index is 0.159. The van der Waals surface area contributed by atoms with Crippen LogP contribution >= 0.6 is 0 Å². The fraction of sp³-hybridized carbons (Fsp3) is 0.516. The largest absolute Gasteiger partial charge is 0.381 e. The normalized spacial score (nSPS) is 17.2. The summed E-state index contributed by atoms with van der Waals surface area (Å²) in [5, 5.41) is 5.39. The number of carbonyl (C=O) groups excluding carboxylic acids is 3. The predicted molar refractivity (Wildman–Crippen MR) is 169 cm³/mol. The highest BCUT2D eigenvalue weighted by atomic mass is 19.1. The van der Waals surface area contributed by atoms with Gasteiger partial charge in [0.1, 0.15) is 33.8 Å². The zero-order valence-corrected chi connectivity index (χ0v) is 26.3. The van der Waals surface area contributed by atoms with Gasteiger partial charge in [0.15, 0.2) is 0 Å². The molecule has 8 nitrogen and oxygen atoms in total. The number of halogens is 1. The smallest absolute Gasteiger partial charge is 0.242 e. The number of hydrogen-bond donors (Lipinski definition) is 2. The topological polar surface area (TPSA) is 91.0 Å². The lowest BCUT2D eigenvalue weighted by atomic mass is 9.56. The molecule has 0 radical (unpaired) electrons. The van der Waals surface area contributed by atoms with E-state index in [0.29, 0.717) is 30.6 Å². The van der Waals surface area contributed by atoms with Gasteiger partial charge in [-0.25, -0.2) is 4.39 Å². The maximum Gasteiger partial charge on any atom is 0.242 e. The molecular weight excluding hydrogens is 533 g/mol. The van der Waals surface area contributed by atoms with Gasteiger partial charge in [-0.3, -0.25) is 9.59 Å². The van der Waals surface area contributed by atoms with Crippen LogP contribution in [0.4, 0.5) is 10.1 Å². The summed E-state index contributed by atoms with van der Waals surface area (Å²) in [6, 6.07) is 10.5. The molecule has 1 unspecified atom stereocenters. The van der Waals surface area contributed by atoms with Gasteiger partial charge in [-0.2, -0.15) is 0 Å². The van der Waals surface area contributed by atoms with Gasteiger partial charge in [0.2, 0.25) is 12.3 Å². The van der Waals surface area contributed by atoms with E-state index in [2.05, 4.69) is 58.9 Å². The van der Waals surface area contributed by atoms with Crippen molar-refractivity contribution in [1.29, 1.82) is 0 Å². The number of likely N-dealkylation sites (N-methyl/N-ethyl adjacent to an activating group) is 1. The van der Waals surface area contributed by atoms with E-state index in [1.54, 1.807) is 6.07 Å². The first kappa shape index (κ1) is 33.3. The number of benzene rings is 2. The number of ether oxygens (including phenoxy) is 1. The van der Waals surface area contributed by atoms with Crippen LogP contribution in [0.3, 0.4) is 0 Å². The molecule has 1 heterocycles. The van der Waals surface area contributed by atoms with E-state index in [9.17, 15) is 14.4 Å². The maximum atomic E-state index is 16.2. The molecular formula is C31H45B2FN4O4. The van der Waals surface area contributed by atoms with Gasteiger partial charge in [-0.05, 0) is 69.1 Å². The summed E-state index contributed by atoms with van der Waals surface area (Å²) in [6.07, 6.45) is 1.76. The van der Waals surface area contributed by atoms with E-state index in [4.69, 9.17) is 4.74 Å². The van der Waals surface area contributed by atoms with E-state index >= 15 is 4.39 Å². The molecule has 3 rings (SSSR count). The molecule has 0 saturated carbocycles. The van der Waals surface area contributed by atoms with Crippen LogP contribution < -0.4 is 10.6 Å². The first-order valence-electron chi connectivity index (χ1n) is 14.6. The molecule has 1 fully saturated rings. The molecule has 1 aliphatic rings. The Labute approximate surface area is 251 Å². The molecule has 1 atom stereocenters. The van der Waals surface area contributed by atoms with Crippen LogP contribution in [0.2, 0.25) is 0 Å². The summed E-state index contributed by atoms with van der Waals surface area (Å²) in [4.78, 5) is 39.3. The molecule has 11 heteroatoms. The summed E-state index contributed by atoms with van der Waals surface area (Å²) in [6.45, 7) is 11.9. The first-order chi connectivity index (χ1) is 19.7. The SMILES string of the molecule is BC(B)(c1cccc(CNc2cccc(C)c2CN(C=O)C(CCC=O)C(=O)NC)c1F)N1CC(C)(C)OC(C)(C)C1. The lowest BCUT2D eigenvalue weighted by Gasteiger charge is -2.53. The molecule has 1 aliphatic heterocycles. The second-order valence-corrected chi connectivity index (χ2v) is 12.9. The fourth-order valence-electron chi connectivity index (χ4n) is 6.05. The van der Waals surface area contributed by atoms with E-state index in [0.717, 1.165) is 23.1 Å². The number of amides is 2. The molecule has 0 aromatic heterocycles. The average molecular weight is 578 g/mol. The van der Waals surface area contributed by atoms with Crippen molar-refractivity contribution in [2.75, 3.05) is 25.5 Å². The van der Waals surface area contributed by atoms with Gasteiger partial charge in [0.25, 0.3) is 0 Å². The van der Waals surface area contributed by atoms with Crippen molar-refractivity contribution >= 4 is 40.0 Å². The van der Waals surface area contributed by atoms with Crippen molar-refractivity contribution in [3.05, 3.63) is 64.5 Å². The summed E-state index contributed by atoms with van der Waals surface area (Å²) in [5.74, 6) is -0.588. The predicted octanol–water partition coefficient (Wildman–Crippen LogP) is 2.06. The highest BCUT2D eigenvalue weighted by Crippen LogP contribution is 2.35. The molecule has 2 amide bonds. The van der Waals surface area contributed by atoms with Gasteiger partial charge >= 0.3 is 0 Å². The number of morpholine rings is 1. The monoisotopic (exact) mass is 578 g/mol. The Hall–Kier alpha value is -3.17. The van der Waals surface area contributed by atoms with Crippen LogP contribution in [-0.2, 0) is 37.5 Å². The van der Waals surface area contributed by atoms with Gasteiger partial charge in [0.05, 0.1) is 11.2 Å². The molecule has 2 N–H and O–H groups in total. The Morgan fingerprint density at radius 1 is 1.14 bits per heavy atom. The first-order valence-corrected chi connectivity index (χ1v) is 14.6. The number of aldehydes is 1. The molecule has 42 heavy (non-hydrogen) atoms. The highest BCUT2D eigenvalue weighted by molar-refractivity contribution is 6.39. The molecule has 1 saturated heterocycles. The molecule has 226 valence electrons. The van der Waals surface area contributed by atoms with E-state index in [1.165, 1.54) is 11.9 Å². The minimum atomic E-state index is -0.781. The number of carbonyl (C=O) groups is 3. The van der Waals surface area contributed by atoms with Crippen molar-refractivity contribution in [2.24, 2.45) is 0 Å². The molecule has 2 aromatic rings. The second kappa shape index (κ2) is 13.4. The van der Waals surface area contributed by atoms with E-state index in [1.807, 2.05) is 37.3 Å². The van der Waals surface area contributed by atoms with Gasteiger partial charge in [0, 0.05) is 50.9 Å². The number of hydrogen-bond acceptors (Lipinski definition) is 6. The number of rotatable bonds is 13. The molecule has 0 spiro atoms.